The van der Waals surface area contributed by atoms with Gasteiger partial charge < -0.3 is 4.90 Å². The van der Waals surface area contributed by atoms with Crippen LogP contribution in [0.3, 0.4) is 0 Å². The number of rotatable bonds is 9. The largest absolute Gasteiger partial charge is 0.369 e. The molecule has 0 bridgehead atoms. The Bertz CT molecular complexity index is 1040. The van der Waals surface area contributed by atoms with Gasteiger partial charge in [0.15, 0.2) is 0 Å². The molecule has 0 N–H and O–H groups in total. The number of pyridine rings is 1. The van der Waals surface area contributed by atoms with Crippen molar-refractivity contribution >= 4 is 5.69 Å². The second-order valence-electron chi connectivity index (χ2n) is 11.5. The second kappa shape index (κ2) is 12.1. The number of piperazine rings is 1. The lowest BCUT2D eigenvalue weighted by Gasteiger charge is -2.36. The summed E-state index contributed by atoms with van der Waals surface area (Å²) < 4.78 is 0. The van der Waals surface area contributed by atoms with Crippen molar-refractivity contribution in [2.45, 2.75) is 77.7 Å². The second-order valence-corrected chi connectivity index (χ2v) is 11.5. The Hall–Kier alpha value is -2.65. The van der Waals surface area contributed by atoms with Crippen molar-refractivity contribution < 1.29 is 0 Å². The maximum atomic E-state index is 4.15. The molecular formula is C33H45N3. The van der Waals surface area contributed by atoms with E-state index < -0.39 is 0 Å². The van der Waals surface area contributed by atoms with E-state index in [-0.39, 0.29) is 5.41 Å². The minimum Gasteiger partial charge on any atom is -0.369 e. The van der Waals surface area contributed by atoms with Gasteiger partial charge in [0.25, 0.3) is 0 Å². The van der Waals surface area contributed by atoms with Crippen LogP contribution in [0.5, 0.6) is 0 Å². The van der Waals surface area contributed by atoms with Crippen LogP contribution in [-0.2, 0) is 12.0 Å². The molecule has 0 saturated carbocycles. The zero-order valence-corrected chi connectivity index (χ0v) is 23.1. The lowest BCUT2D eigenvalue weighted by atomic mass is 9.80. The molecule has 1 aliphatic heterocycles. The summed E-state index contributed by atoms with van der Waals surface area (Å²) in [6.07, 6.45) is 7.37. The summed E-state index contributed by atoms with van der Waals surface area (Å²) >= 11 is 0. The molecule has 0 aliphatic carbocycles. The highest BCUT2D eigenvalue weighted by atomic mass is 15.3. The monoisotopic (exact) mass is 483 g/mol. The Balaban J connectivity index is 1.33. The molecule has 1 aromatic heterocycles. The van der Waals surface area contributed by atoms with Crippen LogP contribution >= 0.6 is 0 Å². The van der Waals surface area contributed by atoms with Gasteiger partial charge >= 0.3 is 0 Å². The first-order chi connectivity index (χ1) is 17.4. The van der Waals surface area contributed by atoms with E-state index in [1.165, 1.54) is 47.2 Å². The lowest BCUT2D eigenvalue weighted by Crippen LogP contribution is -2.45. The molecular weight excluding hydrogens is 438 g/mol. The first-order valence-electron chi connectivity index (χ1n) is 13.9. The Labute approximate surface area is 219 Å². The number of hydrogen-bond donors (Lipinski definition) is 0. The van der Waals surface area contributed by atoms with Gasteiger partial charge in [-0.1, -0.05) is 83.1 Å². The average Bonchev–Trinajstić information content (AvgIpc) is 2.91. The van der Waals surface area contributed by atoms with E-state index in [4.69, 9.17) is 0 Å². The third kappa shape index (κ3) is 6.76. The number of hydrogen-bond acceptors (Lipinski definition) is 3. The summed E-state index contributed by atoms with van der Waals surface area (Å²) in [6.45, 7) is 17.0. The van der Waals surface area contributed by atoms with Crippen LogP contribution in [0.25, 0.3) is 0 Å². The molecule has 192 valence electrons. The smallest absolute Gasteiger partial charge is 0.0397 e. The molecule has 0 spiro atoms. The molecule has 3 nitrogen and oxygen atoms in total. The Morgan fingerprint density at radius 3 is 1.75 bits per heavy atom. The third-order valence-electron chi connectivity index (χ3n) is 8.06. The molecule has 2 atom stereocenters. The van der Waals surface area contributed by atoms with Crippen molar-refractivity contribution in [3.63, 3.8) is 0 Å². The number of anilines is 1. The van der Waals surface area contributed by atoms with Crippen molar-refractivity contribution in [2.24, 2.45) is 0 Å². The fraction of sp³-hybridized carbons (Fsp3) is 0.485. The first-order valence-corrected chi connectivity index (χ1v) is 13.9. The van der Waals surface area contributed by atoms with Crippen LogP contribution in [0.2, 0.25) is 0 Å². The predicted molar refractivity (Wildman–Crippen MR) is 154 cm³/mol. The van der Waals surface area contributed by atoms with Crippen molar-refractivity contribution in [1.82, 2.24) is 9.88 Å². The number of aromatic nitrogens is 1. The van der Waals surface area contributed by atoms with Gasteiger partial charge in [-0.05, 0) is 70.9 Å². The molecule has 4 rings (SSSR count). The summed E-state index contributed by atoms with van der Waals surface area (Å²) in [7, 11) is 0. The van der Waals surface area contributed by atoms with Crippen LogP contribution in [0, 0.1) is 0 Å². The van der Waals surface area contributed by atoms with Crippen LogP contribution in [0.4, 0.5) is 5.69 Å². The van der Waals surface area contributed by atoms with Crippen molar-refractivity contribution in [2.75, 3.05) is 31.1 Å². The summed E-state index contributed by atoms with van der Waals surface area (Å²) in [4.78, 5) is 9.19. The van der Waals surface area contributed by atoms with E-state index in [0.717, 1.165) is 32.7 Å². The standard InChI is InChI=1S/C33H45N3/c1-6-27(24-28(7-2)30-12-14-31(15-13-30)33(3,4)5)29-10-8-26(9-11-29)25-35-20-22-36(23-21-35)32-16-18-34-19-17-32/h8-19,27-28H,6-7,20-25H2,1-5H3. The highest BCUT2D eigenvalue weighted by Gasteiger charge is 2.20. The average molecular weight is 484 g/mol. The summed E-state index contributed by atoms with van der Waals surface area (Å²) in [6, 6.07) is 23.2. The fourth-order valence-electron chi connectivity index (χ4n) is 5.55. The maximum absolute atomic E-state index is 4.15. The molecule has 2 heterocycles. The normalized spacial score (nSPS) is 16.6. The predicted octanol–water partition coefficient (Wildman–Crippen LogP) is 7.78. The highest BCUT2D eigenvalue weighted by Crippen LogP contribution is 2.35. The SMILES string of the molecule is CCC(CC(CC)c1ccc(C(C)(C)C)cc1)c1ccc(CN2CCN(c3ccncc3)CC2)cc1. The highest BCUT2D eigenvalue weighted by molar-refractivity contribution is 5.45. The Morgan fingerprint density at radius 2 is 1.25 bits per heavy atom. The Morgan fingerprint density at radius 1 is 0.722 bits per heavy atom. The van der Waals surface area contributed by atoms with Crippen molar-refractivity contribution in [3.8, 4) is 0 Å². The van der Waals surface area contributed by atoms with Gasteiger partial charge in [0.05, 0.1) is 0 Å². The topological polar surface area (TPSA) is 19.4 Å². The van der Waals surface area contributed by atoms with Crippen LogP contribution in [0.1, 0.15) is 88.0 Å². The molecule has 1 aliphatic rings. The van der Waals surface area contributed by atoms with E-state index >= 15 is 0 Å². The Kier molecular flexibility index (Phi) is 8.85. The quantitative estimate of drug-likeness (QED) is 0.310. The van der Waals surface area contributed by atoms with Gasteiger partial charge in [-0.15, -0.1) is 0 Å². The van der Waals surface area contributed by atoms with Crippen LogP contribution < -0.4 is 4.90 Å². The van der Waals surface area contributed by atoms with Gasteiger partial charge in [0.2, 0.25) is 0 Å². The molecule has 1 saturated heterocycles. The van der Waals surface area contributed by atoms with Gasteiger partial charge in [-0.3, -0.25) is 9.88 Å². The first kappa shape index (κ1) is 26.4. The van der Waals surface area contributed by atoms with Gasteiger partial charge in [-0.2, -0.15) is 0 Å². The summed E-state index contributed by atoms with van der Waals surface area (Å²) in [5, 5.41) is 0. The molecule has 2 aromatic carbocycles. The maximum Gasteiger partial charge on any atom is 0.0397 e. The molecule has 0 amide bonds. The fourth-order valence-corrected chi connectivity index (χ4v) is 5.55. The van der Waals surface area contributed by atoms with Crippen LogP contribution in [-0.4, -0.2) is 36.1 Å². The molecule has 0 radical (unpaired) electrons. The van der Waals surface area contributed by atoms with Gasteiger partial charge in [0.1, 0.15) is 0 Å². The zero-order chi connectivity index (χ0) is 25.5. The van der Waals surface area contributed by atoms with E-state index in [1.54, 1.807) is 0 Å². The van der Waals surface area contributed by atoms with E-state index in [2.05, 4.69) is 110 Å². The van der Waals surface area contributed by atoms with Crippen molar-refractivity contribution in [1.29, 1.82) is 0 Å². The van der Waals surface area contributed by atoms with Gasteiger partial charge in [0, 0.05) is 50.8 Å². The zero-order valence-electron chi connectivity index (χ0n) is 23.1. The molecule has 1 fully saturated rings. The summed E-state index contributed by atoms with van der Waals surface area (Å²) in [5.41, 5.74) is 7.33. The van der Waals surface area contributed by atoms with E-state index in [0.29, 0.717) is 11.8 Å². The van der Waals surface area contributed by atoms with E-state index in [1.807, 2.05) is 12.4 Å². The molecule has 2 unspecified atom stereocenters. The molecule has 3 aromatic rings. The van der Waals surface area contributed by atoms with Crippen molar-refractivity contribution in [3.05, 3.63) is 95.3 Å². The molecule has 36 heavy (non-hydrogen) atoms. The molecule has 3 heteroatoms. The van der Waals surface area contributed by atoms with E-state index in [9.17, 15) is 0 Å². The van der Waals surface area contributed by atoms with Crippen LogP contribution in [0.15, 0.2) is 73.1 Å². The minimum atomic E-state index is 0.209. The van der Waals surface area contributed by atoms with Gasteiger partial charge in [-0.25, -0.2) is 0 Å². The lowest BCUT2D eigenvalue weighted by molar-refractivity contribution is 0.250. The minimum absolute atomic E-state index is 0.209. The third-order valence-corrected chi connectivity index (χ3v) is 8.06. The number of nitrogens with zero attached hydrogens (tertiary/aromatic N) is 3. The number of benzene rings is 2. The summed E-state index contributed by atoms with van der Waals surface area (Å²) in [5.74, 6) is 1.22.